The molecule has 1 aliphatic rings. The van der Waals surface area contributed by atoms with Gasteiger partial charge < -0.3 is 5.11 Å². The number of hydrogen-bond acceptors (Lipinski definition) is 1. The second-order valence-corrected chi connectivity index (χ2v) is 2.36. The molecule has 0 saturated carbocycles. The molecule has 2 atom stereocenters. The van der Waals surface area contributed by atoms with Crippen molar-refractivity contribution in [3.05, 3.63) is 0 Å². The average Bonchev–Trinajstić information content (AvgIpc) is 1.77. The molecule has 47 valence electrons. The predicted octanol–water partition coefficient (Wildman–Crippen LogP) is 0.134. The van der Waals surface area contributed by atoms with Gasteiger partial charge in [0.25, 0.3) is 0 Å². The summed E-state index contributed by atoms with van der Waals surface area (Å²) < 4.78 is 0. The van der Waals surface area contributed by atoms with Crippen molar-refractivity contribution in [1.82, 2.24) is 5.32 Å². The van der Waals surface area contributed by atoms with E-state index in [1.54, 1.807) is 0 Å². The minimum atomic E-state index is -0.163. The fraction of sp³-hybridized carbons (Fsp3) is 1.00. The van der Waals surface area contributed by atoms with Gasteiger partial charge in [0.15, 0.2) is 0 Å². The smallest absolute Gasteiger partial charge is 0.0707 e. The van der Waals surface area contributed by atoms with Crippen LogP contribution in [-0.2, 0) is 0 Å². The number of nitrogens with zero attached hydrogens (tertiary/aromatic N) is 1. The molecule has 8 heavy (non-hydrogen) atoms. The van der Waals surface area contributed by atoms with Gasteiger partial charge in [0.2, 0.25) is 0 Å². The summed E-state index contributed by atoms with van der Waals surface area (Å²) in [6.45, 7) is 2.90. The van der Waals surface area contributed by atoms with E-state index in [0.29, 0.717) is 0 Å². The molecule has 1 radical (unpaired) electrons. The Balaban J connectivity index is 2.28. The molecule has 0 aromatic carbocycles. The summed E-state index contributed by atoms with van der Waals surface area (Å²) in [5, 5.41) is 13.2. The Hall–Kier alpha value is -0.0800. The molecule has 0 spiro atoms. The summed E-state index contributed by atoms with van der Waals surface area (Å²) in [4.78, 5) is 0. The van der Waals surface area contributed by atoms with Crippen molar-refractivity contribution in [3.8, 4) is 0 Å². The average molecular weight is 114 g/mol. The van der Waals surface area contributed by atoms with Gasteiger partial charge in [-0.25, -0.2) is 5.32 Å². The first-order valence-electron chi connectivity index (χ1n) is 3.15. The van der Waals surface area contributed by atoms with Gasteiger partial charge >= 0.3 is 0 Å². The van der Waals surface area contributed by atoms with Crippen LogP contribution in [-0.4, -0.2) is 23.8 Å². The minimum Gasteiger partial charge on any atom is -0.391 e. The molecule has 2 heteroatoms. The van der Waals surface area contributed by atoms with Crippen LogP contribution < -0.4 is 5.32 Å². The molecule has 1 N–H and O–H groups in total. The molecule has 1 aliphatic heterocycles. The maximum absolute atomic E-state index is 9.08. The first-order valence-corrected chi connectivity index (χ1v) is 3.15. The number of rotatable bonds is 0. The van der Waals surface area contributed by atoms with Gasteiger partial charge in [-0.2, -0.15) is 0 Å². The molecule has 0 aromatic heterocycles. The van der Waals surface area contributed by atoms with E-state index < -0.39 is 0 Å². The maximum atomic E-state index is 9.08. The molecule has 0 aromatic rings. The molecular weight excluding hydrogens is 102 g/mol. The lowest BCUT2D eigenvalue weighted by Crippen LogP contribution is -2.37. The van der Waals surface area contributed by atoms with E-state index in [1.165, 1.54) is 0 Å². The van der Waals surface area contributed by atoms with Crippen molar-refractivity contribution in [3.63, 3.8) is 0 Å². The monoisotopic (exact) mass is 114 g/mol. The number of aliphatic hydroxyl groups is 1. The Morgan fingerprint density at radius 2 is 2.38 bits per heavy atom. The van der Waals surface area contributed by atoms with Crippen molar-refractivity contribution in [2.24, 2.45) is 0 Å². The van der Waals surface area contributed by atoms with Crippen molar-refractivity contribution >= 4 is 0 Å². The van der Waals surface area contributed by atoms with Crippen molar-refractivity contribution in [2.75, 3.05) is 6.54 Å². The summed E-state index contributed by atoms with van der Waals surface area (Å²) >= 11 is 0. The van der Waals surface area contributed by atoms with Crippen LogP contribution in [0.3, 0.4) is 0 Å². The quantitative estimate of drug-likeness (QED) is 0.477. The minimum absolute atomic E-state index is 0.163. The molecule has 1 saturated heterocycles. The second-order valence-electron chi connectivity index (χ2n) is 2.36. The predicted molar refractivity (Wildman–Crippen MR) is 31.7 cm³/mol. The largest absolute Gasteiger partial charge is 0.391 e. The number of aliphatic hydroxyl groups excluding tert-OH is 1. The van der Waals surface area contributed by atoms with Crippen molar-refractivity contribution in [1.29, 1.82) is 0 Å². The van der Waals surface area contributed by atoms with Crippen molar-refractivity contribution < 1.29 is 5.11 Å². The third-order valence-electron chi connectivity index (χ3n) is 1.63. The van der Waals surface area contributed by atoms with E-state index in [4.69, 9.17) is 5.11 Å². The highest BCUT2D eigenvalue weighted by atomic mass is 16.3. The SMILES string of the molecule is CC1[N]CCCC1O. The van der Waals surface area contributed by atoms with Crippen LogP contribution in [0.4, 0.5) is 0 Å². The molecule has 1 heterocycles. The maximum Gasteiger partial charge on any atom is 0.0707 e. The van der Waals surface area contributed by atoms with E-state index in [2.05, 4.69) is 5.32 Å². The highest BCUT2D eigenvalue weighted by molar-refractivity contribution is 4.75. The Bertz CT molecular complexity index is 64.9. The Morgan fingerprint density at radius 3 is 2.75 bits per heavy atom. The van der Waals surface area contributed by atoms with Crippen LogP contribution in [0.15, 0.2) is 0 Å². The fourth-order valence-corrected chi connectivity index (χ4v) is 0.958. The molecule has 2 unspecified atom stereocenters. The van der Waals surface area contributed by atoms with E-state index in [1.807, 2.05) is 6.92 Å². The highest BCUT2D eigenvalue weighted by Crippen LogP contribution is 2.07. The van der Waals surface area contributed by atoms with E-state index >= 15 is 0 Å². The van der Waals surface area contributed by atoms with Gasteiger partial charge in [-0.1, -0.05) is 0 Å². The van der Waals surface area contributed by atoms with Crippen LogP contribution >= 0.6 is 0 Å². The van der Waals surface area contributed by atoms with Gasteiger partial charge in [0.1, 0.15) is 0 Å². The lowest BCUT2D eigenvalue weighted by molar-refractivity contribution is 0.102. The Labute approximate surface area is 49.9 Å². The second kappa shape index (κ2) is 2.46. The van der Waals surface area contributed by atoms with Crippen LogP contribution in [0, 0.1) is 0 Å². The summed E-state index contributed by atoms with van der Waals surface area (Å²) in [5.41, 5.74) is 0. The Kier molecular flexibility index (Phi) is 1.86. The first-order chi connectivity index (χ1) is 3.80. The van der Waals surface area contributed by atoms with Crippen LogP contribution in [0.2, 0.25) is 0 Å². The van der Waals surface area contributed by atoms with Crippen LogP contribution in [0.25, 0.3) is 0 Å². The zero-order chi connectivity index (χ0) is 5.98. The molecular formula is C6H12NO. The zero-order valence-electron chi connectivity index (χ0n) is 5.17. The lowest BCUT2D eigenvalue weighted by atomic mass is 10.0. The van der Waals surface area contributed by atoms with Gasteiger partial charge in [0.05, 0.1) is 6.10 Å². The van der Waals surface area contributed by atoms with Gasteiger partial charge in [-0.15, -0.1) is 0 Å². The van der Waals surface area contributed by atoms with E-state index in [0.717, 1.165) is 19.4 Å². The third-order valence-corrected chi connectivity index (χ3v) is 1.63. The van der Waals surface area contributed by atoms with Gasteiger partial charge in [0, 0.05) is 12.6 Å². The first kappa shape index (κ1) is 6.05. The fourth-order valence-electron chi connectivity index (χ4n) is 0.958. The topological polar surface area (TPSA) is 34.3 Å². The Morgan fingerprint density at radius 1 is 1.62 bits per heavy atom. The van der Waals surface area contributed by atoms with E-state index in [-0.39, 0.29) is 12.1 Å². The molecule has 1 fully saturated rings. The summed E-state index contributed by atoms with van der Waals surface area (Å²) in [5.74, 6) is 0. The number of hydrogen-bond donors (Lipinski definition) is 1. The van der Waals surface area contributed by atoms with E-state index in [9.17, 15) is 0 Å². The van der Waals surface area contributed by atoms with Crippen molar-refractivity contribution in [2.45, 2.75) is 31.9 Å². The normalized spacial score (nSPS) is 39.8. The molecule has 0 bridgehead atoms. The number of piperidine rings is 1. The van der Waals surface area contributed by atoms with Crippen LogP contribution in [0.5, 0.6) is 0 Å². The highest BCUT2D eigenvalue weighted by Gasteiger charge is 2.17. The van der Waals surface area contributed by atoms with Crippen LogP contribution in [0.1, 0.15) is 19.8 Å². The summed E-state index contributed by atoms with van der Waals surface area (Å²) in [7, 11) is 0. The lowest BCUT2D eigenvalue weighted by Gasteiger charge is -2.23. The summed E-state index contributed by atoms with van der Waals surface area (Å²) in [6.07, 6.45) is 1.83. The van der Waals surface area contributed by atoms with Gasteiger partial charge in [-0.3, -0.25) is 0 Å². The summed E-state index contributed by atoms with van der Waals surface area (Å²) in [6, 6.07) is 0.184. The van der Waals surface area contributed by atoms with Gasteiger partial charge in [-0.05, 0) is 19.8 Å². The molecule has 0 amide bonds. The third kappa shape index (κ3) is 1.20. The molecule has 0 aliphatic carbocycles. The molecule has 2 nitrogen and oxygen atoms in total. The molecule has 1 rings (SSSR count). The standard InChI is InChI=1S/C6H12NO/c1-5-6(8)3-2-4-7-5/h5-6,8H,2-4H2,1H3. The zero-order valence-corrected chi connectivity index (χ0v) is 5.17.